The number of anilines is 1. The van der Waals surface area contributed by atoms with E-state index in [0.29, 0.717) is 35.5 Å². The van der Waals surface area contributed by atoms with Gasteiger partial charge >= 0.3 is 0 Å². The van der Waals surface area contributed by atoms with Crippen molar-refractivity contribution in [1.82, 2.24) is 4.90 Å². The molecule has 0 heterocycles. The zero-order valence-corrected chi connectivity index (χ0v) is 16.1. The smallest absolute Gasteiger partial charge is 0.255 e. The number of benzene rings is 2. The van der Waals surface area contributed by atoms with Gasteiger partial charge in [-0.05, 0) is 62.2 Å². The lowest BCUT2D eigenvalue weighted by Gasteiger charge is -2.21. The number of hydrogen-bond acceptors (Lipinski definition) is 3. The number of nitrogens with one attached hydrogen (secondary N) is 1. The third-order valence-corrected chi connectivity index (χ3v) is 4.20. The molecular formula is C22H26N2O3. The zero-order valence-electron chi connectivity index (χ0n) is 16.1. The van der Waals surface area contributed by atoms with Gasteiger partial charge < -0.3 is 10.2 Å². The van der Waals surface area contributed by atoms with Crippen LogP contribution in [0.25, 0.3) is 0 Å². The van der Waals surface area contributed by atoms with Crippen LogP contribution in [0.5, 0.6) is 0 Å². The monoisotopic (exact) mass is 366 g/mol. The van der Waals surface area contributed by atoms with Crippen LogP contribution < -0.4 is 5.32 Å². The molecule has 2 aromatic carbocycles. The van der Waals surface area contributed by atoms with Gasteiger partial charge in [0.05, 0.1) is 0 Å². The lowest BCUT2D eigenvalue weighted by Crippen LogP contribution is -2.32. The zero-order chi connectivity index (χ0) is 19.8. The van der Waals surface area contributed by atoms with Crippen molar-refractivity contribution < 1.29 is 14.4 Å². The summed E-state index contributed by atoms with van der Waals surface area (Å²) in [7, 11) is 0. The third-order valence-electron chi connectivity index (χ3n) is 4.20. The summed E-state index contributed by atoms with van der Waals surface area (Å²) in [6.07, 6.45) is 1.78. The van der Waals surface area contributed by atoms with E-state index >= 15 is 0 Å². The number of Topliss-reactive ketones (excluding diaryl/α,β-unsaturated/α-hetero) is 1. The Hall–Kier alpha value is -2.95. The van der Waals surface area contributed by atoms with Gasteiger partial charge in [-0.25, -0.2) is 0 Å². The fourth-order valence-corrected chi connectivity index (χ4v) is 2.82. The highest BCUT2D eigenvalue weighted by Crippen LogP contribution is 2.14. The highest BCUT2D eigenvalue weighted by molar-refractivity contribution is 6.06. The second-order valence-corrected chi connectivity index (χ2v) is 6.46. The highest BCUT2D eigenvalue weighted by atomic mass is 16.2. The summed E-state index contributed by atoms with van der Waals surface area (Å²) in [5.74, 6) is -0.375. The first-order valence-electron chi connectivity index (χ1n) is 9.28. The fraction of sp³-hybridized carbons (Fsp3) is 0.318. The van der Waals surface area contributed by atoms with Gasteiger partial charge in [-0.15, -0.1) is 0 Å². The minimum Gasteiger partial charge on any atom is -0.339 e. The molecule has 0 spiro atoms. The lowest BCUT2D eigenvalue weighted by molar-refractivity contribution is 0.0755. The number of amides is 2. The topological polar surface area (TPSA) is 66.5 Å². The normalized spacial score (nSPS) is 10.3. The van der Waals surface area contributed by atoms with E-state index in [0.717, 1.165) is 12.8 Å². The molecular weight excluding hydrogens is 340 g/mol. The molecule has 1 N–H and O–H groups in total. The van der Waals surface area contributed by atoms with Crippen molar-refractivity contribution in [2.45, 2.75) is 33.6 Å². The van der Waals surface area contributed by atoms with Crippen molar-refractivity contribution in [2.24, 2.45) is 0 Å². The number of nitrogens with zero attached hydrogens (tertiary/aromatic N) is 1. The molecule has 2 amide bonds. The van der Waals surface area contributed by atoms with Crippen LogP contribution in [0.1, 0.15) is 64.7 Å². The molecule has 0 aliphatic rings. The van der Waals surface area contributed by atoms with Gasteiger partial charge in [0.1, 0.15) is 0 Å². The molecule has 0 fully saturated rings. The Morgan fingerprint density at radius 2 is 1.44 bits per heavy atom. The van der Waals surface area contributed by atoms with Crippen molar-refractivity contribution in [3.63, 3.8) is 0 Å². The quantitative estimate of drug-likeness (QED) is 0.704. The molecule has 142 valence electrons. The molecule has 5 heteroatoms. The molecule has 0 bridgehead atoms. The fourth-order valence-electron chi connectivity index (χ4n) is 2.82. The van der Waals surface area contributed by atoms with Crippen molar-refractivity contribution in [2.75, 3.05) is 18.4 Å². The maximum absolute atomic E-state index is 12.7. The molecule has 5 nitrogen and oxygen atoms in total. The van der Waals surface area contributed by atoms with Crippen LogP contribution in [0.2, 0.25) is 0 Å². The van der Waals surface area contributed by atoms with E-state index in [1.54, 1.807) is 48.5 Å². The van der Waals surface area contributed by atoms with Gasteiger partial charge in [0.25, 0.3) is 11.8 Å². The van der Waals surface area contributed by atoms with E-state index in [-0.39, 0.29) is 17.6 Å². The Balaban J connectivity index is 2.14. The number of hydrogen-bond donors (Lipinski definition) is 1. The van der Waals surface area contributed by atoms with Crippen LogP contribution in [0, 0.1) is 0 Å². The van der Waals surface area contributed by atoms with Crippen LogP contribution >= 0.6 is 0 Å². The SMILES string of the molecule is CCCN(CCC)C(=O)c1cccc(C(=O)Nc2ccc(C(C)=O)cc2)c1. The molecule has 0 aliphatic heterocycles. The maximum atomic E-state index is 12.7. The number of carbonyl (C=O) groups excluding carboxylic acids is 3. The van der Waals surface area contributed by atoms with Crippen molar-refractivity contribution >= 4 is 23.3 Å². The van der Waals surface area contributed by atoms with Gasteiger partial charge in [-0.3, -0.25) is 14.4 Å². The minimum atomic E-state index is -0.294. The maximum Gasteiger partial charge on any atom is 0.255 e. The van der Waals surface area contributed by atoms with Gasteiger partial charge in [0, 0.05) is 35.5 Å². The lowest BCUT2D eigenvalue weighted by atomic mass is 10.1. The van der Waals surface area contributed by atoms with Gasteiger partial charge in [-0.2, -0.15) is 0 Å². The summed E-state index contributed by atoms with van der Waals surface area (Å²) >= 11 is 0. The van der Waals surface area contributed by atoms with E-state index in [2.05, 4.69) is 5.32 Å². The van der Waals surface area contributed by atoms with Gasteiger partial charge in [-0.1, -0.05) is 19.9 Å². The highest BCUT2D eigenvalue weighted by Gasteiger charge is 2.16. The summed E-state index contributed by atoms with van der Waals surface area (Å²) in [5, 5.41) is 2.79. The summed E-state index contributed by atoms with van der Waals surface area (Å²) in [4.78, 5) is 38.4. The predicted octanol–water partition coefficient (Wildman–Crippen LogP) is 4.40. The molecule has 0 atom stereocenters. The van der Waals surface area contributed by atoms with E-state index in [4.69, 9.17) is 0 Å². The summed E-state index contributed by atoms with van der Waals surface area (Å²) < 4.78 is 0. The Morgan fingerprint density at radius 1 is 0.852 bits per heavy atom. The third kappa shape index (κ3) is 5.51. The Labute approximate surface area is 160 Å². The number of carbonyl (C=O) groups is 3. The standard InChI is InChI=1S/C22H26N2O3/c1-4-13-24(14-5-2)22(27)19-8-6-7-18(15-19)21(26)23-20-11-9-17(10-12-20)16(3)25/h6-12,15H,4-5,13-14H2,1-3H3,(H,23,26). The molecule has 0 radical (unpaired) electrons. The first kappa shape index (κ1) is 20.4. The van der Waals surface area contributed by atoms with Crippen molar-refractivity contribution in [1.29, 1.82) is 0 Å². The van der Waals surface area contributed by atoms with Crippen LogP contribution in [-0.2, 0) is 0 Å². The van der Waals surface area contributed by atoms with Crippen molar-refractivity contribution in [3.05, 3.63) is 65.2 Å². The average Bonchev–Trinajstić information content (AvgIpc) is 2.67. The predicted molar refractivity (Wildman–Crippen MR) is 107 cm³/mol. The number of ketones is 1. The average molecular weight is 366 g/mol. The van der Waals surface area contributed by atoms with Crippen LogP contribution in [0.3, 0.4) is 0 Å². The van der Waals surface area contributed by atoms with Crippen LogP contribution in [0.4, 0.5) is 5.69 Å². The van der Waals surface area contributed by atoms with Gasteiger partial charge in [0.2, 0.25) is 0 Å². The minimum absolute atomic E-state index is 0.0252. The molecule has 0 saturated carbocycles. The first-order valence-corrected chi connectivity index (χ1v) is 9.28. The van der Waals surface area contributed by atoms with Crippen molar-refractivity contribution in [3.8, 4) is 0 Å². The first-order chi connectivity index (χ1) is 13.0. The second kappa shape index (κ2) is 9.67. The van der Waals surface area contributed by atoms with E-state index in [1.165, 1.54) is 6.92 Å². The molecule has 2 rings (SSSR count). The molecule has 0 aromatic heterocycles. The Kier molecular flexibility index (Phi) is 7.29. The van der Waals surface area contributed by atoms with E-state index in [9.17, 15) is 14.4 Å². The Bertz CT molecular complexity index is 807. The summed E-state index contributed by atoms with van der Waals surface area (Å²) in [6, 6.07) is 13.5. The molecule has 27 heavy (non-hydrogen) atoms. The van der Waals surface area contributed by atoms with Crippen LogP contribution in [-0.4, -0.2) is 35.6 Å². The molecule has 0 saturated heterocycles. The molecule has 0 aliphatic carbocycles. The largest absolute Gasteiger partial charge is 0.339 e. The summed E-state index contributed by atoms with van der Waals surface area (Å²) in [5.41, 5.74) is 2.12. The van der Waals surface area contributed by atoms with Gasteiger partial charge in [0.15, 0.2) is 5.78 Å². The molecule has 2 aromatic rings. The molecule has 0 unspecified atom stereocenters. The number of rotatable bonds is 8. The Morgan fingerprint density at radius 3 is 2.00 bits per heavy atom. The summed E-state index contributed by atoms with van der Waals surface area (Å²) in [6.45, 7) is 6.97. The second-order valence-electron chi connectivity index (χ2n) is 6.46. The van der Waals surface area contributed by atoms with E-state index in [1.807, 2.05) is 18.7 Å². The van der Waals surface area contributed by atoms with E-state index < -0.39 is 0 Å². The van der Waals surface area contributed by atoms with Crippen LogP contribution in [0.15, 0.2) is 48.5 Å².